The van der Waals surface area contributed by atoms with E-state index in [1.165, 1.54) is 5.56 Å². The number of aromatic nitrogens is 3. The summed E-state index contributed by atoms with van der Waals surface area (Å²) in [5, 5.41) is 8.29. The molecule has 0 fully saturated rings. The van der Waals surface area contributed by atoms with Gasteiger partial charge >= 0.3 is 0 Å². The third-order valence-corrected chi connectivity index (χ3v) is 4.54. The molecule has 24 heavy (non-hydrogen) atoms. The molecular weight excluding hydrogens is 318 g/mol. The predicted molar refractivity (Wildman–Crippen MR) is 100 cm³/mol. The molecule has 0 atom stereocenters. The highest BCUT2D eigenvalue weighted by molar-refractivity contribution is 7.97. The molecular formula is C19H27N3OS. The molecule has 0 aliphatic rings. The molecule has 0 bridgehead atoms. The van der Waals surface area contributed by atoms with Crippen LogP contribution in [0.2, 0.25) is 0 Å². The zero-order valence-electron chi connectivity index (χ0n) is 14.9. The first-order valence-electron chi connectivity index (χ1n) is 8.54. The van der Waals surface area contributed by atoms with E-state index in [-0.39, 0.29) is 5.78 Å². The van der Waals surface area contributed by atoms with E-state index in [1.807, 2.05) is 10.9 Å². The lowest BCUT2D eigenvalue weighted by Crippen LogP contribution is -2.04. The van der Waals surface area contributed by atoms with Crippen molar-refractivity contribution in [3.8, 4) is 0 Å². The SMILES string of the molecule is CSCc1ccc(CC(=O)CCc2cn(CCC(C)C)nn2)cc1. The van der Waals surface area contributed by atoms with Crippen LogP contribution in [-0.2, 0) is 29.9 Å². The van der Waals surface area contributed by atoms with Gasteiger partial charge in [-0.1, -0.05) is 43.3 Å². The molecule has 1 aromatic carbocycles. The Hall–Kier alpha value is -1.62. The molecule has 0 aliphatic carbocycles. The first-order chi connectivity index (χ1) is 11.6. The van der Waals surface area contributed by atoms with Crippen molar-refractivity contribution in [2.24, 2.45) is 5.92 Å². The molecule has 1 heterocycles. The van der Waals surface area contributed by atoms with Crippen LogP contribution in [-0.4, -0.2) is 27.0 Å². The van der Waals surface area contributed by atoms with Gasteiger partial charge in [0.15, 0.2) is 0 Å². The number of carbonyl (C=O) groups is 1. The molecule has 2 aromatic rings. The van der Waals surface area contributed by atoms with E-state index in [9.17, 15) is 4.79 Å². The molecule has 0 saturated carbocycles. The highest BCUT2D eigenvalue weighted by Crippen LogP contribution is 2.12. The minimum Gasteiger partial charge on any atom is -0.299 e. The van der Waals surface area contributed by atoms with Crippen LogP contribution in [0.25, 0.3) is 0 Å². The summed E-state index contributed by atoms with van der Waals surface area (Å²) in [5.74, 6) is 1.92. The van der Waals surface area contributed by atoms with Crippen molar-refractivity contribution in [3.05, 3.63) is 47.3 Å². The van der Waals surface area contributed by atoms with E-state index in [1.54, 1.807) is 11.8 Å². The van der Waals surface area contributed by atoms with Gasteiger partial charge in [-0.05, 0) is 29.7 Å². The Morgan fingerprint density at radius 1 is 1.21 bits per heavy atom. The number of aryl methyl sites for hydroxylation is 2. The predicted octanol–water partition coefficient (Wildman–Crippen LogP) is 3.93. The maximum absolute atomic E-state index is 12.2. The van der Waals surface area contributed by atoms with Gasteiger partial charge in [-0.3, -0.25) is 9.48 Å². The van der Waals surface area contributed by atoms with Crippen LogP contribution in [0.3, 0.4) is 0 Å². The highest BCUT2D eigenvalue weighted by atomic mass is 32.2. The molecule has 2 rings (SSSR count). The van der Waals surface area contributed by atoms with Crippen molar-refractivity contribution in [2.45, 2.75) is 51.8 Å². The Balaban J connectivity index is 1.76. The number of rotatable bonds is 10. The summed E-state index contributed by atoms with van der Waals surface area (Å²) < 4.78 is 1.88. The van der Waals surface area contributed by atoms with Crippen LogP contribution < -0.4 is 0 Å². The number of hydrogen-bond donors (Lipinski definition) is 0. The molecule has 0 spiro atoms. The minimum atomic E-state index is 0.254. The highest BCUT2D eigenvalue weighted by Gasteiger charge is 2.07. The van der Waals surface area contributed by atoms with Gasteiger partial charge in [0.25, 0.3) is 0 Å². The number of ketones is 1. The van der Waals surface area contributed by atoms with Crippen LogP contribution in [0.4, 0.5) is 0 Å². The average molecular weight is 346 g/mol. The second-order valence-electron chi connectivity index (χ2n) is 6.62. The van der Waals surface area contributed by atoms with Crippen LogP contribution in [0.15, 0.2) is 30.5 Å². The van der Waals surface area contributed by atoms with Gasteiger partial charge in [-0.15, -0.1) is 5.10 Å². The average Bonchev–Trinajstić information content (AvgIpc) is 3.01. The maximum Gasteiger partial charge on any atom is 0.137 e. The van der Waals surface area contributed by atoms with Crippen LogP contribution in [0, 0.1) is 5.92 Å². The van der Waals surface area contributed by atoms with Crippen molar-refractivity contribution >= 4 is 17.5 Å². The normalized spacial score (nSPS) is 11.2. The van der Waals surface area contributed by atoms with E-state index >= 15 is 0 Å². The van der Waals surface area contributed by atoms with Crippen molar-refractivity contribution in [3.63, 3.8) is 0 Å². The fraction of sp³-hybridized carbons (Fsp3) is 0.526. The van der Waals surface area contributed by atoms with Crippen molar-refractivity contribution < 1.29 is 4.79 Å². The van der Waals surface area contributed by atoms with E-state index in [0.717, 1.165) is 30.0 Å². The lowest BCUT2D eigenvalue weighted by atomic mass is 10.0. The number of nitrogens with zero attached hydrogens (tertiary/aromatic N) is 3. The topological polar surface area (TPSA) is 47.8 Å². The lowest BCUT2D eigenvalue weighted by molar-refractivity contribution is -0.118. The molecule has 0 unspecified atom stereocenters. The van der Waals surface area contributed by atoms with Crippen LogP contribution in [0.1, 0.15) is 43.5 Å². The molecule has 1 aromatic heterocycles. The van der Waals surface area contributed by atoms with Gasteiger partial charge in [0.05, 0.1) is 5.69 Å². The van der Waals surface area contributed by atoms with Gasteiger partial charge < -0.3 is 0 Å². The number of carbonyl (C=O) groups excluding carboxylic acids is 1. The van der Waals surface area contributed by atoms with Crippen molar-refractivity contribution in [1.82, 2.24) is 15.0 Å². The lowest BCUT2D eigenvalue weighted by Gasteiger charge is -2.03. The summed E-state index contributed by atoms with van der Waals surface area (Å²) in [6, 6.07) is 8.34. The summed E-state index contributed by atoms with van der Waals surface area (Å²) in [6.07, 6.45) is 6.85. The third kappa shape index (κ3) is 6.48. The maximum atomic E-state index is 12.2. The van der Waals surface area contributed by atoms with Crippen molar-refractivity contribution in [1.29, 1.82) is 0 Å². The summed E-state index contributed by atoms with van der Waals surface area (Å²) in [4.78, 5) is 12.2. The molecule has 4 nitrogen and oxygen atoms in total. The second-order valence-corrected chi connectivity index (χ2v) is 7.49. The Labute approximate surface area is 149 Å². The van der Waals surface area contributed by atoms with Gasteiger partial charge in [-0.2, -0.15) is 11.8 Å². The summed E-state index contributed by atoms with van der Waals surface area (Å²) in [6.45, 7) is 5.29. The van der Waals surface area contributed by atoms with Crippen LogP contribution in [0.5, 0.6) is 0 Å². The summed E-state index contributed by atoms with van der Waals surface area (Å²) in [5.41, 5.74) is 3.30. The number of Topliss-reactive ketones (excluding diaryl/α,β-unsaturated/α-hetero) is 1. The molecule has 0 N–H and O–H groups in total. The van der Waals surface area contributed by atoms with Gasteiger partial charge in [0, 0.05) is 37.8 Å². The fourth-order valence-corrected chi connectivity index (χ4v) is 2.98. The van der Waals surface area contributed by atoms with E-state index < -0.39 is 0 Å². The zero-order chi connectivity index (χ0) is 17.4. The molecule has 0 aliphatic heterocycles. The molecule has 0 radical (unpaired) electrons. The van der Waals surface area contributed by atoms with E-state index in [2.05, 4.69) is 54.7 Å². The number of thioether (sulfide) groups is 1. The van der Waals surface area contributed by atoms with E-state index in [4.69, 9.17) is 0 Å². The molecule has 0 saturated heterocycles. The van der Waals surface area contributed by atoms with Crippen molar-refractivity contribution in [2.75, 3.05) is 6.26 Å². The third-order valence-electron chi connectivity index (χ3n) is 3.92. The minimum absolute atomic E-state index is 0.254. The largest absolute Gasteiger partial charge is 0.299 e. The quantitative estimate of drug-likeness (QED) is 0.654. The van der Waals surface area contributed by atoms with E-state index in [0.29, 0.717) is 25.2 Å². The standard InChI is InChI=1S/C19H27N3OS/c1-15(2)10-11-22-13-18(20-21-22)8-9-19(23)12-16-4-6-17(7-5-16)14-24-3/h4-7,13,15H,8-12,14H2,1-3H3. The molecule has 0 amide bonds. The fourth-order valence-electron chi connectivity index (χ4n) is 2.46. The number of hydrogen-bond acceptors (Lipinski definition) is 4. The molecule has 130 valence electrons. The van der Waals surface area contributed by atoms with Crippen LogP contribution >= 0.6 is 11.8 Å². The Morgan fingerprint density at radius 3 is 2.58 bits per heavy atom. The first-order valence-corrected chi connectivity index (χ1v) is 9.93. The first kappa shape index (κ1) is 18.7. The second kappa shape index (κ2) is 9.62. The van der Waals surface area contributed by atoms with Gasteiger partial charge in [0.1, 0.15) is 5.78 Å². The monoisotopic (exact) mass is 345 g/mol. The summed E-state index contributed by atoms with van der Waals surface area (Å²) >= 11 is 1.81. The Morgan fingerprint density at radius 2 is 1.92 bits per heavy atom. The Bertz CT molecular complexity index is 634. The van der Waals surface area contributed by atoms with Gasteiger partial charge in [0.2, 0.25) is 0 Å². The molecule has 5 heteroatoms. The smallest absolute Gasteiger partial charge is 0.137 e. The summed E-state index contributed by atoms with van der Waals surface area (Å²) in [7, 11) is 0. The zero-order valence-corrected chi connectivity index (χ0v) is 15.7. The van der Waals surface area contributed by atoms with Gasteiger partial charge in [-0.25, -0.2) is 0 Å². The Kier molecular flexibility index (Phi) is 7.50. The number of benzene rings is 1.